The van der Waals surface area contributed by atoms with Crippen molar-refractivity contribution in [1.82, 2.24) is 5.32 Å². The lowest BCUT2D eigenvalue weighted by molar-refractivity contribution is -0.124. The van der Waals surface area contributed by atoms with Crippen LogP contribution in [0.2, 0.25) is 10.0 Å². The summed E-state index contributed by atoms with van der Waals surface area (Å²) in [5, 5.41) is 5.90. The summed E-state index contributed by atoms with van der Waals surface area (Å²) < 4.78 is 0. The van der Waals surface area contributed by atoms with Crippen molar-refractivity contribution in [3.63, 3.8) is 0 Å². The molecular weight excluding hydrogens is 325 g/mol. The average molecular weight is 341 g/mol. The van der Waals surface area contributed by atoms with Gasteiger partial charge in [0.15, 0.2) is 0 Å². The Bertz CT molecular complexity index is 469. The molecule has 0 unspecified atom stereocenters. The van der Waals surface area contributed by atoms with Gasteiger partial charge >= 0.3 is 0 Å². The van der Waals surface area contributed by atoms with E-state index in [-0.39, 0.29) is 30.8 Å². The Labute approximate surface area is 133 Å². The van der Waals surface area contributed by atoms with E-state index in [9.17, 15) is 9.59 Å². The Balaban J connectivity index is 0.00000361. The molecule has 0 aromatic heterocycles. The Hall–Kier alpha value is -1.01. The minimum atomic E-state index is -0.370. The first-order chi connectivity index (χ1) is 9.02. The van der Waals surface area contributed by atoms with Crippen LogP contribution < -0.4 is 16.4 Å². The number of rotatable bonds is 6. The smallest absolute Gasteiger partial charge is 0.243 e. The molecule has 0 saturated heterocycles. The number of carbonyl (C=O) groups excluding carboxylic acids is 2. The molecule has 1 aromatic carbocycles. The topological polar surface area (TPSA) is 84.2 Å². The van der Waals surface area contributed by atoms with E-state index in [4.69, 9.17) is 28.9 Å². The number of hydrogen-bond donors (Lipinski definition) is 3. The normalized spacial score (nSPS) is 9.55. The van der Waals surface area contributed by atoms with Gasteiger partial charge in [0.25, 0.3) is 0 Å². The maximum absolute atomic E-state index is 11.6. The summed E-state index contributed by atoms with van der Waals surface area (Å²) in [6.07, 6.45) is 0.898. The van der Waals surface area contributed by atoms with Crippen molar-refractivity contribution < 1.29 is 9.59 Å². The van der Waals surface area contributed by atoms with Crippen LogP contribution in [0.5, 0.6) is 0 Å². The van der Waals surface area contributed by atoms with Crippen molar-refractivity contribution in [2.24, 2.45) is 5.73 Å². The van der Waals surface area contributed by atoms with Crippen molar-refractivity contribution in [3.05, 3.63) is 28.2 Å². The quantitative estimate of drug-likeness (QED) is 0.742. The van der Waals surface area contributed by atoms with Gasteiger partial charge in [0.05, 0.1) is 17.3 Å². The molecule has 0 radical (unpaired) electrons. The predicted octanol–water partition coefficient (Wildman–Crippen LogP) is 2.21. The zero-order valence-corrected chi connectivity index (χ0v) is 12.9. The lowest BCUT2D eigenvalue weighted by Crippen LogP contribution is -2.33. The summed E-state index contributed by atoms with van der Waals surface area (Å²) in [4.78, 5) is 22.9. The Morgan fingerprint density at radius 1 is 1.20 bits per heavy atom. The SMILES string of the molecule is Cl.NCCCC(=O)NCC(=O)Nc1cc(Cl)ccc1Cl. The van der Waals surface area contributed by atoms with Gasteiger partial charge in [0.2, 0.25) is 11.8 Å². The van der Waals surface area contributed by atoms with E-state index in [2.05, 4.69) is 10.6 Å². The lowest BCUT2D eigenvalue weighted by atomic mass is 10.3. The van der Waals surface area contributed by atoms with Crippen LogP contribution in [-0.2, 0) is 9.59 Å². The van der Waals surface area contributed by atoms with Gasteiger partial charge in [-0.2, -0.15) is 0 Å². The standard InChI is InChI=1S/C12H15Cl2N3O2.ClH/c13-8-3-4-9(14)10(6-8)17-12(19)7-16-11(18)2-1-5-15;/h3-4,6H,1-2,5,7,15H2,(H,16,18)(H,17,19);1H. The summed E-state index contributed by atoms with van der Waals surface area (Å²) in [5.41, 5.74) is 5.69. The maximum Gasteiger partial charge on any atom is 0.243 e. The second-order valence-corrected chi connectivity index (χ2v) is 4.68. The van der Waals surface area contributed by atoms with Crippen molar-refractivity contribution in [2.75, 3.05) is 18.4 Å². The van der Waals surface area contributed by atoms with Gasteiger partial charge in [-0.3, -0.25) is 9.59 Å². The molecule has 1 aromatic rings. The molecule has 112 valence electrons. The van der Waals surface area contributed by atoms with Crippen molar-refractivity contribution >= 4 is 53.1 Å². The van der Waals surface area contributed by atoms with E-state index in [1.165, 1.54) is 6.07 Å². The van der Waals surface area contributed by atoms with Crippen LogP contribution >= 0.6 is 35.6 Å². The summed E-state index contributed by atoms with van der Waals surface area (Å²) in [6, 6.07) is 4.74. The second kappa shape index (κ2) is 9.83. The predicted molar refractivity (Wildman–Crippen MR) is 83.6 cm³/mol. The number of halogens is 3. The van der Waals surface area contributed by atoms with Gasteiger partial charge < -0.3 is 16.4 Å². The first kappa shape index (κ1) is 19.0. The van der Waals surface area contributed by atoms with E-state index < -0.39 is 0 Å². The van der Waals surface area contributed by atoms with E-state index in [1.807, 2.05) is 0 Å². The summed E-state index contributed by atoms with van der Waals surface area (Å²) >= 11 is 11.7. The third-order valence-corrected chi connectivity index (χ3v) is 2.82. The molecule has 0 aliphatic heterocycles. The second-order valence-electron chi connectivity index (χ2n) is 3.84. The zero-order valence-electron chi connectivity index (χ0n) is 10.6. The molecule has 0 fully saturated rings. The van der Waals surface area contributed by atoms with Crippen LogP contribution in [0.1, 0.15) is 12.8 Å². The van der Waals surface area contributed by atoms with E-state index in [1.54, 1.807) is 12.1 Å². The molecule has 4 N–H and O–H groups in total. The van der Waals surface area contributed by atoms with Gasteiger partial charge in [-0.1, -0.05) is 23.2 Å². The highest BCUT2D eigenvalue weighted by molar-refractivity contribution is 6.35. The number of carbonyl (C=O) groups is 2. The third-order valence-electron chi connectivity index (χ3n) is 2.26. The molecule has 2 amide bonds. The fourth-order valence-electron chi connectivity index (χ4n) is 1.32. The summed E-state index contributed by atoms with van der Waals surface area (Å²) in [7, 11) is 0. The van der Waals surface area contributed by atoms with Crippen LogP contribution in [0.3, 0.4) is 0 Å². The van der Waals surface area contributed by atoms with Gasteiger partial charge in [-0.05, 0) is 31.2 Å². The molecule has 0 heterocycles. The fourth-order valence-corrected chi connectivity index (χ4v) is 1.65. The van der Waals surface area contributed by atoms with Gasteiger partial charge in [-0.25, -0.2) is 0 Å². The monoisotopic (exact) mass is 339 g/mol. The average Bonchev–Trinajstić information content (AvgIpc) is 2.38. The van der Waals surface area contributed by atoms with Gasteiger partial charge in [0.1, 0.15) is 0 Å². The Morgan fingerprint density at radius 3 is 2.55 bits per heavy atom. The Morgan fingerprint density at radius 2 is 1.90 bits per heavy atom. The summed E-state index contributed by atoms with van der Waals surface area (Å²) in [6.45, 7) is 0.323. The zero-order chi connectivity index (χ0) is 14.3. The van der Waals surface area contributed by atoms with Crippen LogP contribution in [0.25, 0.3) is 0 Å². The van der Waals surface area contributed by atoms with Crippen molar-refractivity contribution in [1.29, 1.82) is 0 Å². The molecule has 0 bridgehead atoms. The minimum Gasteiger partial charge on any atom is -0.347 e. The number of benzene rings is 1. The maximum atomic E-state index is 11.6. The number of hydrogen-bond acceptors (Lipinski definition) is 3. The van der Waals surface area contributed by atoms with Crippen LogP contribution in [-0.4, -0.2) is 24.9 Å². The minimum absolute atomic E-state index is 0. The number of anilines is 1. The highest BCUT2D eigenvalue weighted by atomic mass is 35.5. The molecule has 0 aliphatic rings. The number of nitrogens with two attached hydrogens (primary N) is 1. The van der Waals surface area contributed by atoms with Gasteiger partial charge in [-0.15, -0.1) is 12.4 Å². The molecule has 5 nitrogen and oxygen atoms in total. The highest BCUT2D eigenvalue weighted by Gasteiger charge is 2.08. The van der Waals surface area contributed by atoms with E-state index in [0.29, 0.717) is 35.1 Å². The van der Waals surface area contributed by atoms with E-state index in [0.717, 1.165) is 0 Å². The molecular formula is C12H16Cl3N3O2. The molecule has 0 atom stereocenters. The van der Waals surface area contributed by atoms with Gasteiger partial charge in [0, 0.05) is 11.4 Å². The highest BCUT2D eigenvalue weighted by Crippen LogP contribution is 2.25. The van der Waals surface area contributed by atoms with Crippen LogP contribution in [0, 0.1) is 0 Å². The van der Waals surface area contributed by atoms with Crippen LogP contribution in [0.15, 0.2) is 18.2 Å². The van der Waals surface area contributed by atoms with Crippen LogP contribution in [0.4, 0.5) is 5.69 Å². The molecule has 0 spiro atoms. The molecule has 0 saturated carbocycles. The summed E-state index contributed by atoms with van der Waals surface area (Å²) in [5.74, 6) is -0.581. The third kappa shape index (κ3) is 6.96. The first-order valence-electron chi connectivity index (χ1n) is 5.74. The number of nitrogens with one attached hydrogen (secondary N) is 2. The molecule has 1 rings (SSSR count). The molecule has 20 heavy (non-hydrogen) atoms. The van der Waals surface area contributed by atoms with Crippen molar-refractivity contribution in [3.8, 4) is 0 Å². The number of amides is 2. The Kier molecular flexibility index (Phi) is 9.33. The van der Waals surface area contributed by atoms with E-state index >= 15 is 0 Å². The largest absolute Gasteiger partial charge is 0.347 e. The molecule has 0 aliphatic carbocycles. The fraction of sp³-hybridized carbons (Fsp3) is 0.333. The molecule has 8 heteroatoms. The first-order valence-corrected chi connectivity index (χ1v) is 6.50. The lowest BCUT2D eigenvalue weighted by Gasteiger charge is -2.08. The van der Waals surface area contributed by atoms with Crippen molar-refractivity contribution in [2.45, 2.75) is 12.8 Å².